The number of rotatable bonds is 4. The van der Waals surface area contributed by atoms with E-state index in [1.54, 1.807) is 7.11 Å². The highest BCUT2D eigenvalue weighted by Crippen LogP contribution is 2.34. The van der Waals surface area contributed by atoms with Gasteiger partial charge in [-0.15, -0.1) is 0 Å². The zero-order chi connectivity index (χ0) is 11.6. The molecule has 0 aromatic heterocycles. The van der Waals surface area contributed by atoms with Crippen LogP contribution in [0.5, 0.6) is 0 Å². The lowest BCUT2D eigenvalue weighted by Crippen LogP contribution is -2.51. The van der Waals surface area contributed by atoms with Crippen molar-refractivity contribution in [2.24, 2.45) is 5.92 Å². The van der Waals surface area contributed by atoms with Crippen LogP contribution in [0.15, 0.2) is 0 Å². The minimum atomic E-state index is 0.175. The SMILES string of the molecule is COCC(C)(C)N1CCCNC(C2CC2)C1. The van der Waals surface area contributed by atoms with Crippen molar-refractivity contribution in [1.82, 2.24) is 10.2 Å². The molecule has 2 fully saturated rings. The molecule has 1 saturated heterocycles. The summed E-state index contributed by atoms with van der Waals surface area (Å²) in [6, 6.07) is 0.721. The average molecular weight is 226 g/mol. The summed E-state index contributed by atoms with van der Waals surface area (Å²) >= 11 is 0. The lowest BCUT2D eigenvalue weighted by Gasteiger charge is -2.38. The third-order valence-corrected chi connectivity index (χ3v) is 3.97. The van der Waals surface area contributed by atoms with E-state index in [9.17, 15) is 0 Å². The Bertz CT molecular complexity index is 226. The molecule has 1 aliphatic heterocycles. The summed E-state index contributed by atoms with van der Waals surface area (Å²) in [4.78, 5) is 2.61. The van der Waals surface area contributed by atoms with Crippen LogP contribution in [0.1, 0.15) is 33.1 Å². The highest BCUT2D eigenvalue weighted by molar-refractivity contribution is 4.93. The Morgan fingerprint density at radius 1 is 1.38 bits per heavy atom. The molecule has 0 amide bonds. The summed E-state index contributed by atoms with van der Waals surface area (Å²) in [6.07, 6.45) is 4.11. The Balaban J connectivity index is 1.95. The largest absolute Gasteiger partial charge is 0.383 e. The van der Waals surface area contributed by atoms with E-state index in [1.165, 1.54) is 38.9 Å². The van der Waals surface area contributed by atoms with Crippen LogP contribution in [0.2, 0.25) is 0 Å². The number of hydrogen-bond donors (Lipinski definition) is 1. The molecule has 1 atom stereocenters. The first-order valence-corrected chi connectivity index (χ1v) is 6.61. The van der Waals surface area contributed by atoms with E-state index in [0.29, 0.717) is 0 Å². The summed E-state index contributed by atoms with van der Waals surface area (Å²) in [6.45, 7) is 9.00. The Hall–Kier alpha value is -0.120. The van der Waals surface area contributed by atoms with Gasteiger partial charge in [-0.25, -0.2) is 0 Å². The average Bonchev–Trinajstić information content (AvgIpc) is 3.04. The normalized spacial score (nSPS) is 29.1. The zero-order valence-electron chi connectivity index (χ0n) is 11.0. The van der Waals surface area contributed by atoms with E-state index >= 15 is 0 Å². The van der Waals surface area contributed by atoms with Crippen LogP contribution in [-0.4, -0.2) is 49.8 Å². The molecule has 1 N–H and O–H groups in total. The van der Waals surface area contributed by atoms with Crippen LogP contribution < -0.4 is 5.32 Å². The summed E-state index contributed by atoms with van der Waals surface area (Å²) in [5.41, 5.74) is 0.175. The molecule has 16 heavy (non-hydrogen) atoms. The van der Waals surface area contributed by atoms with Gasteiger partial charge in [-0.3, -0.25) is 4.90 Å². The lowest BCUT2D eigenvalue weighted by atomic mass is 10.0. The minimum Gasteiger partial charge on any atom is -0.383 e. The van der Waals surface area contributed by atoms with Crippen molar-refractivity contribution in [1.29, 1.82) is 0 Å². The number of nitrogens with one attached hydrogen (secondary N) is 1. The van der Waals surface area contributed by atoms with Gasteiger partial charge in [0.2, 0.25) is 0 Å². The lowest BCUT2D eigenvalue weighted by molar-refractivity contribution is 0.0314. The van der Waals surface area contributed by atoms with Gasteiger partial charge in [-0.1, -0.05) is 0 Å². The van der Waals surface area contributed by atoms with Gasteiger partial charge >= 0.3 is 0 Å². The van der Waals surface area contributed by atoms with E-state index in [-0.39, 0.29) is 5.54 Å². The molecule has 1 saturated carbocycles. The molecule has 0 spiro atoms. The van der Waals surface area contributed by atoms with Crippen molar-refractivity contribution in [2.75, 3.05) is 33.4 Å². The fourth-order valence-corrected chi connectivity index (χ4v) is 2.76. The fraction of sp³-hybridized carbons (Fsp3) is 1.00. The number of nitrogens with zero attached hydrogens (tertiary/aromatic N) is 1. The highest BCUT2D eigenvalue weighted by atomic mass is 16.5. The summed E-state index contributed by atoms with van der Waals surface area (Å²) < 4.78 is 5.35. The highest BCUT2D eigenvalue weighted by Gasteiger charge is 2.36. The topological polar surface area (TPSA) is 24.5 Å². The Morgan fingerprint density at radius 2 is 2.12 bits per heavy atom. The fourth-order valence-electron chi connectivity index (χ4n) is 2.76. The molecule has 1 unspecified atom stereocenters. The molecule has 0 aromatic carbocycles. The summed E-state index contributed by atoms with van der Waals surface area (Å²) in [5.74, 6) is 0.943. The van der Waals surface area contributed by atoms with Crippen LogP contribution in [0.4, 0.5) is 0 Å². The molecule has 0 aromatic rings. The van der Waals surface area contributed by atoms with Crippen LogP contribution in [0.3, 0.4) is 0 Å². The third kappa shape index (κ3) is 2.96. The molecule has 94 valence electrons. The first-order chi connectivity index (χ1) is 7.63. The second kappa shape index (κ2) is 5.03. The van der Waals surface area contributed by atoms with Gasteiger partial charge in [0.1, 0.15) is 0 Å². The second-order valence-electron chi connectivity index (χ2n) is 5.94. The molecular formula is C13H26N2O. The smallest absolute Gasteiger partial charge is 0.0641 e. The number of methoxy groups -OCH3 is 1. The minimum absolute atomic E-state index is 0.175. The van der Waals surface area contributed by atoms with Crippen molar-refractivity contribution >= 4 is 0 Å². The molecule has 0 bridgehead atoms. The molecule has 1 heterocycles. The van der Waals surface area contributed by atoms with E-state index in [4.69, 9.17) is 4.74 Å². The van der Waals surface area contributed by atoms with Gasteiger partial charge < -0.3 is 10.1 Å². The first-order valence-electron chi connectivity index (χ1n) is 6.61. The number of ether oxygens (including phenoxy) is 1. The quantitative estimate of drug-likeness (QED) is 0.786. The molecule has 3 nitrogen and oxygen atoms in total. The van der Waals surface area contributed by atoms with Crippen LogP contribution in [0, 0.1) is 5.92 Å². The van der Waals surface area contributed by atoms with Gasteiger partial charge in [0.15, 0.2) is 0 Å². The van der Waals surface area contributed by atoms with Crippen LogP contribution in [-0.2, 0) is 4.74 Å². The van der Waals surface area contributed by atoms with E-state index < -0.39 is 0 Å². The molecular weight excluding hydrogens is 200 g/mol. The Morgan fingerprint density at radius 3 is 2.75 bits per heavy atom. The molecule has 1 aliphatic carbocycles. The van der Waals surface area contributed by atoms with Gasteiger partial charge in [0, 0.05) is 31.8 Å². The number of hydrogen-bond acceptors (Lipinski definition) is 3. The third-order valence-electron chi connectivity index (χ3n) is 3.97. The van der Waals surface area contributed by atoms with Crippen molar-refractivity contribution < 1.29 is 4.74 Å². The summed E-state index contributed by atoms with van der Waals surface area (Å²) in [5, 5.41) is 3.71. The predicted octanol–water partition coefficient (Wildman–Crippen LogP) is 1.49. The molecule has 0 radical (unpaired) electrons. The maximum absolute atomic E-state index is 5.35. The maximum Gasteiger partial charge on any atom is 0.0641 e. The van der Waals surface area contributed by atoms with Gasteiger partial charge in [-0.2, -0.15) is 0 Å². The Kier molecular flexibility index (Phi) is 3.88. The van der Waals surface area contributed by atoms with Gasteiger partial charge in [-0.05, 0) is 45.6 Å². The van der Waals surface area contributed by atoms with Crippen molar-refractivity contribution in [3.05, 3.63) is 0 Å². The Labute approximate surface area is 99.5 Å². The van der Waals surface area contributed by atoms with Crippen LogP contribution >= 0.6 is 0 Å². The second-order valence-corrected chi connectivity index (χ2v) is 5.94. The summed E-state index contributed by atoms with van der Waals surface area (Å²) in [7, 11) is 1.80. The van der Waals surface area contributed by atoms with Gasteiger partial charge in [0.05, 0.1) is 6.61 Å². The molecule has 2 rings (SSSR count). The van der Waals surface area contributed by atoms with Crippen molar-refractivity contribution in [2.45, 2.75) is 44.7 Å². The molecule has 3 heteroatoms. The first kappa shape index (κ1) is 12.3. The van der Waals surface area contributed by atoms with Crippen molar-refractivity contribution in [3.63, 3.8) is 0 Å². The van der Waals surface area contributed by atoms with E-state index in [1.807, 2.05) is 0 Å². The maximum atomic E-state index is 5.35. The van der Waals surface area contributed by atoms with Crippen molar-refractivity contribution in [3.8, 4) is 0 Å². The van der Waals surface area contributed by atoms with Gasteiger partial charge in [0.25, 0.3) is 0 Å². The molecule has 2 aliphatic rings. The monoisotopic (exact) mass is 226 g/mol. The standard InChI is InChI=1S/C13H26N2O/c1-13(2,10-16-3)15-8-4-7-14-12(9-15)11-5-6-11/h11-12,14H,4-10H2,1-3H3. The van der Waals surface area contributed by atoms with E-state index in [0.717, 1.165) is 18.6 Å². The van der Waals surface area contributed by atoms with Crippen LogP contribution in [0.25, 0.3) is 0 Å². The predicted molar refractivity (Wildman–Crippen MR) is 66.7 cm³/mol. The zero-order valence-corrected chi connectivity index (χ0v) is 11.0. The van der Waals surface area contributed by atoms with E-state index in [2.05, 4.69) is 24.1 Å².